The van der Waals surface area contributed by atoms with Crippen LogP contribution >= 0.6 is 0 Å². The number of imidazole rings is 1. The van der Waals surface area contributed by atoms with Crippen molar-refractivity contribution in [1.29, 1.82) is 0 Å². The van der Waals surface area contributed by atoms with Gasteiger partial charge in [-0.2, -0.15) is 0 Å². The highest BCUT2D eigenvalue weighted by Gasteiger charge is 2.46. The number of rotatable bonds is 2. The maximum atomic E-state index is 12.3. The lowest BCUT2D eigenvalue weighted by Crippen LogP contribution is -2.62. The van der Waals surface area contributed by atoms with E-state index in [-0.39, 0.29) is 11.6 Å². The van der Waals surface area contributed by atoms with Gasteiger partial charge in [0.2, 0.25) is 0 Å². The molecule has 1 saturated heterocycles. The lowest BCUT2D eigenvalue weighted by molar-refractivity contribution is -0.0521. The largest absolute Gasteiger partial charge is 0.394 e. The molecule has 1 aromatic heterocycles. The van der Waals surface area contributed by atoms with Crippen molar-refractivity contribution in [2.75, 3.05) is 19.0 Å². The van der Waals surface area contributed by atoms with Gasteiger partial charge in [0, 0.05) is 7.05 Å². The summed E-state index contributed by atoms with van der Waals surface area (Å²) < 4.78 is 6.84. The third kappa shape index (κ3) is 2.00. The van der Waals surface area contributed by atoms with Crippen LogP contribution in [0.1, 0.15) is 23.6 Å². The summed E-state index contributed by atoms with van der Waals surface area (Å²) in [7, 11) is 1.55. The van der Waals surface area contributed by atoms with Crippen molar-refractivity contribution in [3.63, 3.8) is 0 Å². The van der Waals surface area contributed by atoms with E-state index in [2.05, 4.69) is 10.3 Å². The molecule has 10 heteroatoms. The summed E-state index contributed by atoms with van der Waals surface area (Å²) >= 11 is 0. The Kier molecular flexibility index (Phi) is 3.38. The standard InChI is InChI=1S/C12H19N5O5/c1-12(13)15-9-6(10(21)16(12)2)14-4-17(9)11-8(20)7(19)5(3-18)22-11/h4-5,7-8,11,15,18-20H,3,13H2,1-2H3/t5-,7-,8-,11-,12?/m1/s1. The number of aliphatic hydroxyl groups excluding tert-OH is 3. The molecule has 1 amide bonds. The SMILES string of the molecule is CN1C(=O)c2ncn([C@@H]3O[C@H](CO)[C@@H](O)[C@H]3O)c2NC1(C)N. The predicted octanol–water partition coefficient (Wildman–Crippen LogP) is -2.38. The number of hydrogen-bond donors (Lipinski definition) is 5. The van der Waals surface area contributed by atoms with E-state index < -0.39 is 36.9 Å². The fraction of sp³-hybridized carbons (Fsp3) is 0.667. The van der Waals surface area contributed by atoms with Crippen LogP contribution in [-0.2, 0) is 4.74 Å². The maximum absolute atomic E-state index is 12.3. The number of amides is 1. The van der Waals surface area contributed by atoms with E-state index in [4.69, 9.17) is 15.6 Å². The summed E-state index contributed by atoms with van der Waals surface area (Å²) in [5, 5.41) is 32.0. The zero-order chi connectivity index (χ0) is 16.2. The number of hydrogen-bond acceptors (Lipinski definition) is 8. The van der Waals surface area contributed by atoms with Crippen molar-refractivity contribution >= 4 is 11.7 Å². The smallest absolute Gasteiger partial charge is 0.278 e. The zero-order valence-electron chi connectivity index (χ0n) is 12.2. The monoisotopic (exact) mass is 313 g/mol. The number of nitrogens with two attached hydrogens (primary N) is 1. The highest BCUT2D eigenvalue weighted by atomic mass is 16.6. The molecule has 2 aliphatic rings. The normalized spacial score (nSPS) is 38.1. The topological polar surface area (TPSA) is 146 Å². The minimum atomic E-state index is -1.27. The van der Waals surface area contributed by atoms with Crippen molar-refractivity contribution in [1.82, 2.24) is 14.5 Å². The molecule has 3 heterocycles. The van der Waals surface area contributed by atoms with Crippen molar-refractivity contribution in [2.45, 2.75) is 37.3 Å². The van der Waals surface area contributed by atoms with Gasteiger partial charge in [0.05, 0.1) is 12.9 Å². The van der Waals surface area contributed by atoms with Crippen LogP contribution in [0, 0.1) is 0 Å². The summed E-state index contributed by atoms with van der Waals surface area (Å²) in [6.07, 6.45) is -3.08. The number of carbonyl (C=O) groups excluding carboxylic acids is 1. The summed E-state index contributed by atoms with van der Waals surface area (Å²) in [6.45, 7) is 1.18. The fourth-order valence-electron chi connectivity index (χ4n) is 2.64. The van der Waals surface area contributed by atoms with Crippen LogP contribution in [0.15, 0.2) is 6.33 Å². The first-order valence-corrected chi connectivity index (χ1v) is 6.82. The van der Waals surface area contributed by atoms with Gasteiger partial charge in [-0.15, -0.1) is 0 Å². The first-order chi connectivity index (χ1) is 10.3. The van der Waals surface area contributed by atoms with Gasteiger partial charge >= 0.3 is 0 Å². The van der Waals surface area contributed by atoms with E-state index in [0.717, 1.165) is 0 Å². The third-order valence-electron chi connectivity index (χ3n) is 4.16. The molecule has 0 bridgehead atoms. The number of anilines is 1. The van der Waals surface area contributed by atoms with E-state index >= 15 is 0 Å². The van der Waals surface area contributed by atoms with Crippen molar-refractivity contribution in [3.05, 3.63) is 12.0 Å². The molecule has 5 atom stereocenters. The van der Waals surface area contributed by atoms with Gasteiger partial charge in [-0.1, -0.05) is 0 Å². The highest BCUT2D eigenvalue weighted by molar-refractivity contribution is 5.99. The summed E-state index contributed by atoms with van der Waals surface area (Å²) in [4.78, 5) is 17.6. The van der Waals surface area contributed by atoms with Crippen molar-refractivity contribution in [2.24, 2.45) is 5.73 Å². The molecule has 1 fully saturated rings. The van der Waals surface area contributed by atoms with Crippen LogP contribution in [0.3, 0.4) is 0 Å². The Morgan fingerprint density at radius 1 is 1.50 bits per heavy atom. The van der Waals surface area contributed by atoms with Gasteiger partial charge in [0.15, 0.2) is 17.7 Å². The minimum Gasteiger partial charge on any atom is -0.394 e. The molecule has 1 unspecified atom stereocenters. The van der Waals surface area contributed by atoms with Gasteiger partial charge in [-0.3, -0.25) is 15.1 Å². The Morgan fingerprint density at radius 3 is 2.77 bits per heavy atom. The van der Waals surface area contributed by atoms with Crippen LogP contribution in [0.25, 0.3) is 0 Å². The van der Waals surface area contributed by atoms with Gasteiger partial charge in [0.25, 0.3) is 5.91 Å². The summed E-state index contributed by atoms with van der Waals surface area (Å²) in [6, 6.07) is 0. The zero-order valence-corrected chi connectivity index (χ0v) is 12.2. The van der Waals surface area contributed by atoms with E-state index in [1.54, 1.807) is 14.0 Å². The van der Waals surface area contributed by atoms with Crippen LogP contribution in [0.5, 0.6) is 0 Å². The molecule has 1 aromatic rings. The first kappa shape index (κ1) is 15.2. The van der Waals surface area contributed by atoms with Crippen molar-refractivity contribution in [3.8, 4) is 0 Å². The highest BCUT2D eigenvalue weighted by Crippen LogP contribution is 2.35. The average molecular weight is 313 g/mol. The Labute approximate surface area is 126 Å². The maximum Gasteiger partial charge on any atom is 0.278 e. The van der Waals surface area contributed by atoms with Crippen LogP contribution in [0.4, 0.5) is 5.82 Å². The molecular formula is C12H19N5O5. The van der Waals surface area contributed by atoms with Crippen molar-refractivity contribution < 1.29 is 24.9 Å². The molecule has 122 valence electrons. The molecule has 0 aromatic carbocycles. The number of ether oxygens (including phenoxy) is 1. The molecule has 2 aliphatic heterocycles. The van der Waals surface area contributed by atoms with E-state index in [0.29, 0.717) is 5.82 Å². The molecule has 0 aliphatic carbocycles. The second-order valence-electron chi connectivity index (χ2n) is 5.71. The molecule has 0 spiro atoms. The number of nitrogens with one attached hydrogen (secondary N) is 1. The second kappa shape index (κ2) is 4.89. The van der Waals surface area contributed by atoms with Crippen LogP contribution < -0.4 is 11.1 Å². The Balaban J connectivity index is 1.99. The van der Waals surface area contributed by atoms with E-state index in [1.165, 1.54) is 15.8 Å². The van der Waals surface area contributed by atoms with Gasteiger partial charge in [-0.25, -0.2) is 4.98 Å². The van der Waals surface area contributed by atoms with Gasteiger partial charge in [-0.05, 0) is 6.92 Å². The minimum absolute atomic E-state index is 0.142. The van der Waals surface area contributed by atoms with Gasteiger partial charge < -0.3 is 30.3 Å². The van der Waals surface area contributed by atoms with Crippen LogP contribution in [-0.4, -0.2) is 73.4 Å². The van der Waals surface area contributed by atoms with Gasteiger partial charge in [0.1, 0.15) is 24.1 Å². The molecule has 10 nitrogen and oxygen atoms in total. The second-order valence-corrected chi connectivity index (χ2v) is 5.71. The lowest BCUT2D eigenvalue weighted by Gasteiger charge is -2.40. The Bertz CT molecular complexity index is 603. The predicted molar refractivity (Wildman–Crippen MR) is 73.5 cm³/mol. The quantitative estimate of drug-likeness (QED) is 0.407. The van der Waals surface area contributed by atoms with Crippen LogP contribution in [0.2, 0.25) is 0 Å². The number of aliphatic hydroxyl groups is 3. The Morgan fingerprint density at radius 2 is 2.18 bits per heavy atom. The van der Waals surface area contributed by atoms with E-state index in [1.807, 2.05) is 0 Å². The number of carbonyl (C=O) groups is 1. The number of nitrogens with zero attached hydrogens (tertiary/aromatic N) is 3. The molecule has 3 rings (SSSR count). The third-order valence-corrected chi connectivity index (χ3v) is 4.16. The lowest BCUT2D eigenvalue weighted by atomic mass is 10.1. The molecule has 22 heavy (non-hydrogen) atoms. The number of fused-ring (bicyclic) bond motifs is 1. The first-order valence-electron chi connectivity index (χ1n) is 6.82. The molecule has 6 N–H and O–H groups in total. The summed E-state index contributed by atoms with van der Waals surface area (Å²) in [5.41, 5.74) is 6.17. The van der Waals surface area contributed by atoms with E-state index in [9.17, 15) is 15.0 Å². The molecule has 0 saturated carbocycles. The molecule has 0 radical (unpaired) electrons. The average Bonchev–Trinajstić information content (AvgIpc) is 2.99. The summed E-state index contributed by atoms with van der Waals surface area (Å²) in [5.74, 6) is -1.22. The number of aromatic nitrogens is 2. The fourth-order valence-corrected chi connectivity index (χ4v) is 2.64. The molecular weight excluding hydrogens is 294 g/mol. The Hall–Kier alpha value is -1.72.